The van der Waals surface area contributed by atoms with Crippen molar-refractivity contribution < 1.29 is 4.74 Å². The van der Waals surface area contributed by atoms with E-state index in [2.05, 4.69) is 45.4 Å². The van der Waals surface area contributed by atoms with Crippen molar-refractivity contribution in [2.45, 2.75) is 19.1 Å². The Kier molecular flexibility index (Phi) is 3.57. The zero-order valence-electron chi connectivity index (χ0n) is 14.3. The third kappa shape index (κ3) is 2.59. The summed E-state index contributed by atoms with van der Waals surface area (Å²) in [7, 11) is 0. The average molecular weight is 345 g/mol. The number of hydrogen-bond acceptors (Lipinski definition) is 6. The van der Waals surface area contributed by atoms with Crippen LogP contribution in [0.4, 0.5) is 5.82 Å². The van der Waals surface area contributed by atoms with Crippen molar-refractivity contribution in [3.8, 4) is 28.1 Å². The van der Waals surface area contributed by atoms with E-state index in [0.717, 1.165) is 47.6 Å². The lowest BCUT2D eigenvalue weighted by Crippen LogP contribution is -2.27. The number of nitrogens with zero attached hydrogens (tertiary/aromatic N) is 4. The maximum absolute atomic E-state index is 6.02. The molecule has 0 spiro atoms. The minimum Gasteiger partial charge on any atom is -0.472 e. The van der Waals surface area contributed by atoms with Gasteiger partial charge >= 0.3 is 0 Å². The van der Waals surface area contributed by atoms with Gasteiger partial charge in [0.05, 0.1) is 12.4 Å². The molecule has 1 unspecified atom stereocenters. The van der Waals surface area contributed by atoms with Gasteiger partial charge in [0.2, 0.25) is 5.88 Å². The quantitative estimate of drug-likeness (QED) is 0.769. The molecule has 0 radical (unpaired) electrons. The van der Waals surface area contributed by atoms with Gasteiger partial charge in [-0.1, -0.05) is 12.1 Å². The molecule has 5 rings (SSSR count). The zero-order chi connectivity index (χ0) is 17.5. The Morgan fingerprint density at radius 3 is 2.77 bits per heavy atom. The molecule has 1 aromatic carbocycles. The first-order chi connectivity index (χ1) is 12.8. The van der Waals surface area contributed by atoms with Gasteiger partial charge in [-0.25, -0.2) is 0 Å². The van der Waals surface area contributed by atoms with Gasteiger partial charge in [-0.2, -0.15) is 15.2 Å². The standard InChI is InChI=1S/C20H19N5O/c21-16-6-8-25(11-16)19-4-3-18-17-2-1-13(14-5-7-22-23-10-14)9-15(17)12-26-20(18)24-19/h1-5,7,9-10,16H,6,8,11-12,21H2. The molecule has 2 aliphatic rings. The molecule has 2 aliphatic heterocycles. The van der Waals surface area contributed by atoms with Crippen LogP contribution in [0.2, 0.25) is 0 Å². The van der Waals surface area contributed by atoms with Crippen LogP contribution in [0.25, 0.3) is 22.3 Å². The fourth-order valence-corrected chi connectivity index (χ4v) is 3.68. The van der Waals surface area contributed by atoms with Gasteiger partial charge in [-0.15, -0.1) is 0 Å². The lowest BCUT2D eigenvalue weighted by Gasteiger charge is -2.23. The monoisotopic (exact) mass is 345 g/mol. The third-order valence-electron chi connectivity index (χ3n) is 5.07. The molecule has 26 heavy (non-hydrogen) atoms. The van der Waals surface area contributed by atoms with Gasteiger partial charge < -0.3 is 15.4 Å². The van der Waals surface area contributed by atoms with E-state index in [9.17, 15) is 0 Å². The van der Waals surface area contributed by atoms with Crippen molar-refractivity contribution in [3.05, 3.63) is 54.4 Å². The molecule has 4 heterocycles. The van der Waals surface area contributed by atoms with E-state index in [-0.39, 0.29) is 6.04 Å². The third-order valence-corrected chi connectivity index (χ3v) is 5.07. The molecule has 0 bridgehead atoms. The van der Waals surface area contributed by atoms with Gasteiger partial charge in [-0.05, 0) is 47.4 Å². The van der Waals surface area contributed by atoms with Crippen LogP contribution in [0, 0.1) is 0 Å². The highest BCUT2D eigenvalue weighted by atomic mass is 16.5. The minimum absolute atomic E-state index is 0.232. The molecule has 2 N–H and O–H groups in total. The highest BCUT2D eigenvalue weighted by Gasteiger charge is 2.24. The molecule has 1 fully saturated rings. The van der Waals surface area contributed by atoms with Gasteiger partial charge in [0.25, 0.3) is 0 Å². The SMILES string of the molecule is NC1CCN(c2ccc3c(n2)OCc2cc(-c4ccnnc4)ccc2-3)C1. The van der Waals surface area contributed by atoms with Crippen molar-refractivity contribution in [2.24, 2.45) is 5.73 Å². The molecule has 0 aliphatic carbocycles. The minimum atomic E-state index is 0.232. The van der Waals surface area contributed by atoms with E-state index >= 15 is 0 Å². The summed E-state index contributed by atoms with van der Waals surface area (Å²) < 4.78 is 5.97. The lowest BCUT2D eigenvalue weighted by molar-refractivity contribution is 0.290. The summed E-state index contributed by atoms with van der Waals surface area (Å²) in [4.78, 5) is 6.96. The number of hydrogen-bond donors (Lipinski definition) is 1. The molecular weight excluding hydrogens is 326 g/mol. The lowest BCUT2D eigenvalue weighted by atomic mass is 9.95. The van der Waals surface area contributed by atoms with Crippen LogP contribution in [0.1, 0.15) is 12.0 Å². The summed E-state index contributed by atoms with van der Waals surface area (Å²) in [5, 5.41) is 7.80. The molecular formula is C20H19N5O. The van der Waals surface area contributed by atoms with Gasteiger partial charge in [0.15, 0.2) is 0 Å². The molecule has 2 aromatic heterocycles. The Bertz CT molecular complexity index is 960. The summed E-state index contributed by atoms with van der Waals surface area (Å²) in [5.41, 5.74) is 11.5. The van der Waals surface area contributed by atoms with Crippen LogP contribution in [-0.2, 0) is 6.61 Å². The number of aromatic nitrogens is 3. The maximum Gasteiger partial charge on any atom is 0.223 e. The number of anilines is 1. The van der Waals surface area contributed by atoms with Crippen LogP contribution in [0.15, 0.2) is 48.8 Å². The number of pyridine rings is 1. The second-order valence-electron chi connectivity index (χ2n) is 6.81. The largest absolute Gasteiger partial charge is 0.472 e. The Morgan fingerprint density at radius 2 is 1.96 bits per heavy atom. The van der Waals surface area contributed by atoms with Gasteiger partial charge in [0, 0.05) is 30.3 Å². The van der Waals surface area contributed by atoms with E-state index in [0.29, 0.717) is 12.5 Å². The van der Waals surface area contributed by atoms with Crippen molar-refractivity contribution in [2.75, 3.05) is 18.0 Å². The second-order valence-corrected chi connectivity index (χ2v) is 6.81. The molecule has 1 saturated heterocycles. The smallest absolute Gasteiger partial charge is 0.223 e. The predicted molar refractivity (Wildman–Crippen MR) is 99.8 cm³/mol. The number of rotatable bonds is 2. The maximum atomic E-state index is 6.02. The molecule has 3 aromatic rings. The van der Waals surface area contributed by atoms with Gasteiger partial charge in [-0.3, -0.25) is 0 Å². The average Bonchev–Trinajstić information content (AvgIpc) is 3.14. The first-order valence-electron chi connectivity index (χ1n) is 8.83. The summed E-state index contributed by atoms with van der Waals surface area (Å²) in [6.45, 7) is 2.32. The zero-order valence-corrected chi connectivity index (χ0v) is 14.3. The Morgan fingerprint density at radius 1 is 1.04 bits per heavy atom. The highest BCUT2D eigenvalue weighted by Crippen LogP contribution is 2.39. The second kappa shape index (κ2) is 6.07. The van der Waals surface area contributed by atoms with Crippen molar-refractivity contribution in [1.82, 2.24) is 15.2 Å². The topological polar surface area (TPSA) is 77.2 Å². The number of nitrogens with two attached hydrogens (primary N) is 1. The van der Waals surface area contributed by atoms with E-state index in [4.69, 9.17) is 15.5 Å². The number of ether oxygens (including phenoxy) is 1. The van der Waals surface area contributed by atoms with Crippen molar-refractivity contribution in [1.29, 1.82) is 0 Å². The summed E-state index contributed by atoms with van der Waals surface area (Å²) in [5.74, 6) is 1.65. The molecule has 6 nitrogen and oxygen atoms in total. The van der Waals surface area contributed by atoms with E-state index in [1.54, 1.807) is 12.4 Å². The number of benzene rings is 1. The van der Waals surface area contributed by atoms with Crippen molar-refractivity contribution >= 4 is 5.82 Å². The predicted octanol–water partition coefficient (Wildman–Crippen LogP) is 2.64. The van der Waals surface area contributed by atoms with E-state index < -0.39 is 0 Å². The van der Waals surface area contributed by atoms with Crippen LogP contribution in [0.5, 0.6) is 5.88 Å². The van der Waals surface area contributed by atoms with E-state index in [1.807, 2.05) is 6.07 Å². The highest BCUT2D eigenvalue weighted by molar-refractivity contribution is 5.78. The molecule has 130 valence electrons. The van der Waals surface area contributed by atoms with Crippen LogP contribution < -0.4 is 15.4 Å². The Labute approximate surface area is 151 Å². The number of fused-ring (bicyclic) bond motifs is 3. The molecule has 0 amide bonds. The first-order valence-corrected chi connectivity index (χ1v) is 8.83. The summed E-state index contributed by atoms with van der Waals surface area (Å²) in [6, 6.07) is 12.8. The molecule has 1 atom stereocenters. The van der Waals surface area contributed by atoms with E-state index in [1.165, 1.54) is 5.56 Å². The molecule has 6 heteroatoms. The van der Waals surface area contributed by atoms with Gasteiger partial charge in [0.1, 0.15) is 12.4 Å². The molecule has 0 saturated carbocycles. The van der Waals surface area contributed by atoms with Crippen molar-refractivity contribution in [3.63, 3.8) is 0 Å². The fraction of sp³-hybridized carbons (Fsp3) is 0.250. The summed E-state index contributed by atoms with van der Waals surface area (Å²) in [6.07, 6.45) is 4.49. The normalized spacial score (nSPS) is 18.2. The summed E-state index contributed by atoms with van der Waals surface area (Å²) >= 11 is 0. The Hall–Kier alpha value is -2.99. The fourth-order valence-electron chi connectivity index (χ4n) is 3.68. The van der Waals surface area contributed by atoms with Crippen LogP contribution >= 0.6 is 0 Å². The Balaban J connectivity index is 1.50. The van der Waals surface area contributed by atoms with Crippen LogP contribution in [-0.4, -0.2) is 34.3 Å². The van der Waals surface area contributed by atoms with Crippen LogP contribution in [0.3, 0.4) is 0 Å². The first kappa shape index (κ1) is 15.3.